The Kier molecular flexibility index (Phi) is 7.19. The molecule has 0 unspecified atom stereocenters. The molecule has 2 heteroatoms. The van der Waals surface area contributed by atoms with Gasteiger partial charge in [-0.2, -0.15) is 0 Å². The predicted molar refractivity (Wildman–Crippen MR) is 243 cm³/mol. The van der Waals surface area contributed by atoms with Gasteiger partial charge in [-0.05, 0) is 114 Å². The van der Waals surface area contributed by atoms with Gasteiger partial charge in [0.2, 0.25) is 0 Å². The largest absolute Gasteiger partial charge is 0.309 e. The molecule has 274 valence electrons. The molecule has 1 spiro atoms. The lowest BCUT2D eigenvalue weighted by Gasteiger charge is -2.42. The highest BCUT2D eigenvalue weighted by molar-refractivity contribution is 7.99. The first kappa shape index (κ1) is 33.5. The van der Waals surface area contributed by atoms with Crippen molar-refractivity contribution in [3.63, 3.8) is 0 Å². The van der Waals surface area contributed by atoms with Crippen molar-refractivity contribution < 1.29 is 0 Å². The van der Waals surface area contributed by atoms with Gasteiger partial charge in [-0.15, -0.1) is 0 Å². The standard InChI is InChI=1S/C56H39NS/c1-55(2)46-22-11-8-19-42(46)45-33-32-40(35-50(45)55)57(39-30-27-37(28-31-39)36-15-4-3-5-16-36)51-26-14-25-49-54(51)58-52-34-29-38-17-6-7-18-41(38)53(52)56(49)47-23-12-9-20-43(47)44-21-10-13-24-48(44)56/h3-35H,1-2H3. The highest BCUT2D eigenvalue weighted by atomic mass is 32.2. The first-order valence-electron chi connectivity index (χ1n) is 20.3. The minimum absolute atomic E-state index is 0.128. The summed E-state index contributed by atoms with van der Waals surface area (Å²) in [5.41, 5.74) is 18.7. The highest BCUT2D eigenvalue weighted by Crippen LogP contribution is 2.65. The fourth-order valence-corrected chi connectivity index (χ4v) is 11.9. The summed E-state index contributed by atoms with van der Waals surface area (Å²) in [7, 11) is 0. The van der Waals surface area contributed by atoms with E-state index in [0.717, 1.165) is 11.4 Å². The van der Waals surface area contributed by atoms with Gasteiger partial charge in [-0.1, -0.05) is 189 Å². The van der Waals surface area contributed by atoms with Crippen LogP contribution in [0.25, 0.3) is 44.2 Å². The number of fused-ring (bicyclic) bond motifs is 14. The summed E-state index contributed by atoms with van der Waals surface area (Å²) in [4.78, 5) is 5.11. The second-order valence-corrected chi connectivity index (χ2v) is 17.5. The van der Waals surface area contributed by atoms with E-state index in [4.69, 9.17) is 0 Å². The monoisotopic (exact) mass is 757 g/mol. The molecule has 1 aliphatic heterocycles. The van der Waals surface area contributed by atoms with Gasteiger partial charge in [0.15, 0.2) is 0 Å². The molecule has 3 aliphatic rings. The molecule has 0 atom stereocenters. The molecular formula is C56H39NS. The van der Waals surface area contributed by atoms with Gasteiger partial charge < -0.3 is 4.90 Å². The van der Waals surface area contributed by atoms with Crippen LogP contribution in [0.3, 0.4) is 0 Å². The summed E-state index contributed by atoms with van der Waals surface area (Å²) in [5, 5.41) is 2.58. The second-order valence-electron chi connectivity index (χ2n) is 16.4. The average molecular weight is 758 g/mol. The van der Waals surface area contributed by atoms with Crippen molar-refractivity contribution in [2.75, 3.05) is 4.90 Å². The minimum atomic E-state index is -0.510. The zero-order valence-corrected chi connectivity index (χ0v) is 33.2. The van der Waals surface area contributed by atoms with Crippen LogP contribution >= 0.6 is 11.8 Å². The molecule has 0 N–H and O–H groups in total. The number of benzene rings is 9. The van der Waals surface area contributed by atoms with Crippen LogP contribution in [0.4, 0.5) is 17.1 Å². The zero-order chi connectivity index (χ0) is 38.6. The summed E-state index contributed by atoms with van der Waals surface area (Å²) >= 11 is 1.93. The average Bonchev–Trinajstić information content (AvgIpc) is 3.70. The molecule has 0 fully saturated rings. The van der Waals surface area contributed by atoms with E-state index in [-0.39, 0.29) is 5.41 Å². The molecule has 0 bridgehead atoms. The maximum atomic E-state index is 2.52. The summed E-state index contributed by atoms with van der Waals surface area (Å²) in [5.74, 6) is 0. The zero-order valence-electron chi connectivity index (χ0n) is 32.4. The van der Waals surface area contributed by atoms with Gasteiger partial charge in [0.1, 0.15) is 0 Å². The lowest BCUT2D eigenvalue weighted by molar-refractivity contribution is 0.660. The fourth-order valence-electron chi connectivity index (χ4n) is 10.6. The van der Waals surface area contributed by atoms with Crippen LogP contribution < -0.4 is 4.90 Å². The van der Waals surface area contributed by atoms with Gasteiger partial charge in [0, 0.05) is 26.6 Å². The lowest BCUT2D eigenvalue weighted by Crippen LogP contribution is -2.33. The van der Waals surface area contributed by atoms with Crippen molar-refractivity contribution >= 4 is 39.6 Å². The Labute approximate surface area is 344 Å². The highest BCUT2D eigenvalue weighted by Gasteiger charge is 2.51. The molecule has 2 aliphatic carbocycles. The number of rotatable bonds is 4. The molecule has 1 nitrogen and oxygen atoms in total. The van der Waals surface area contributed by atoms with E-state index in [1.54, 1.807) is 0 Å². The Bertz CT molecular complexity index is 3080. The Morgan fingerprint density at radius 3 is 1.72 bits per heavy atom. The van der Waals surface area contributed by atoms with E-state index in [0.29, 0.717) is 0 Å². The van der Waals surface area contributed by atoms with Crippen LogP contribution in [0.1, 0.15) is 47.2 Å². The molecule has 9 aromatic carbocycles. The third kappa shape index (κ3) is 4.55. The van der Waals surface area contributed by atoms with E-state index in [9.17, 15) is 0 Å². The summed E-state index contributed by atoms with van der Waals surface area (Å²) < 4.78 is 0. The fraction of sp³-hybridized carbons (Fsp3) is 0.0714. The quantitative estimate of drug-likeness (QED) is 0.176. The number of hydrogen-bond donors (Lipinski definition) is 0. The van der Waals surface area contributed by atoms with Crippen molar-refractivity contribution in [3.8, 4) is 33.4 Å². The maximum Gasteiger partial charge on any atom is 0.0742 e. The van der Waals surface area contributed by atoms with Crippen molar-refractivity contribution in [1.82, 2.24) is 0 Å². The topological polar surface area (TPSA) is 3.24 Å². The van der Waals surface area contributed by atoms with Gasteiger partial charge in [-0.25, -0.2) is 0 Å². The molecule has 9 aromatic rings. The van der Waals surface area contributed by atoms with Crippen molar-refractivity contribution in [1.29, 1.82) is 0 Å². The molecule has 0 aromatic heterocycles. The van der Waals surface area contributed by atoms with Crippen LogP contribution in [-0.2, 0) is 10.8 Å². The van der Waals surface area contributed by atoms with Gasteiger partial charge in [0.25, 0.3) is 0 Å². The summed E-state index contributed by atoms with van der Waals surface area (Å²) in [6, 6.07) is 74.9. The minimum Gasteiger partial charge on any atom is -0.309 e. The third-order valence-corrected chi connectivity index (χ3v) is 14.3. The van der Waals surface area contributed by atoms with Gasteiger partial charge >= 0.3 is 0 Å². The van der Waals surface area contributed by atoms with E-state index in [2.05, 4.69) is 219 Å². The van der Waals surface area contributed by atoms with Crippen LogP contribution in [0.2, 0.25) is 0 Å². The molecular weight excluding hydrogens is 719 g/mol. The maximum absolute atomic E-state index is 2.52. The number of hydrogen-bond acceptors (Lipinski definition) is 2. The molecule has 1 heterocycles. The summed E-state index contributed by atoms with van der Waals surface area (Å²) in [6.45, 7) is 4.75. The predicted octanol–water partition coefficient (Wildman–Crippen LogP) is 15.1. The molecule has 58 heavy (non-hydrogen) atoms. The van der Waals surface area contributed by atoms with E-state index < -0.39 is 5.41 Å². The van der Waals surface area contributed by atoms with Crippen molar-refractivity contribution in [2.24, 2.45) is 0 Å². The Balaban J connectivity index is 1.14. The van der Waals surface area contributed by atoms with Crippen LogP contribution in [-0.4, -0.2) is 0 Å². The number of anilines is 3. The van der Waals surface area contributed by atoms with E-state index in [1.165, 1.54) is 93.0 Å². The van der Waals surface area contributed by atoms with E-state index >= 15 is 0 Å². The Morgan fingerprint density at radius 2 is 0.983 bits per heavy atom. The Morgan fingerprint density at radius 1 is 0.414 bits per heavy atom. The van der Waals surface area contributed by atoms with Crippen LogP contribution in [0, 0.1) is 0 Å². The second kappa shape index (κ2) is 12.4. The lowest BCUT2D eigenvalue weighted by atomic mass is 9.66. The normalized spacial score (nSPS) is 14.6. The Hall–Kier alpha value is -6.61. The number of nitrogens with zero attached hydrogens (tertiary/aromatic N) is 1. The van der Waals surface area contributed by atoms with Gasteiger partial charge in [-0.3, -0.25) is 0 Å². The van der Waals surface area contributed by atoms with Crippen LogP contribution in [0.5, 0.6) is 0 Å². The van der Waals surface area contributed by atoms with Gasteiger partial charge in [0.05, 0.1) is 11.1 Å². The van der Waals surface area contributed by atoms with Crippen LogP contribution in [0.15, 0.2) is 210 Å². The van der Waals surface area contributed by atoms with Crippen molar-refractivity contribution in [3.05, 3.63) is 234 Å². The first-order valence-corrected chi connectivity index (χ1v) is 21.1. The molecule has 0 saturated carbocycles. The third-order valence-electron chi connectivity index (χ3n) is 13.1. The smallest absolute Gasteiger partial charge is 0.0742 e. The molecule has 0 radical (unpaired) electrons. The van der Waals surface area contributed by atoms with Crippen molar-refractivity contribution in [2.45, 2.75) is 34.5 Å². The van der Waals surface area contributed by atoms with E-state index in [1.807, 2.05) is 11.8 Å². The molecule has 12 rings (SSSR count). The first-order chi connectivity index (χ1) is 28.5. The SMILES string of the molecule is CC1(C)c2ccccc2-c2ccc(N(c3ccc(-c4ccccc4)cc3)c3cccc4c3Sc3ccc5ccccc5c3C43c4ccccc4-c4ccccc43)cc21. The molecule has 0 saturated heterocycles. The summed E-state index contributed by atoms with van der Waals surface area (Å²) in [6.07, 6.45) is 0. The molecule has 0 amide bonds.